The Morgan fingerprint density at radius 2 is 2.00 bits per heavy atom. The molecule has 2 aromatic rings. The lowest BCUT2D eigenvalue weighted by Crippen LogP contribution is -2.27. The molecule has 1 aliphatic rings. The molecule has 0 aromatic heterocycles. The largest absolute Gasteiger partial charge is 0.349 e. The van der Waals surface area contributed by atoms with Crippen LogP contribution in [-0.4, -0.2) is 20.4 Å². The fourth-order valence-corrected chi connectivity index (χ4v) is 3.59. The monoisotopic (exact) mass is 348 g/mol. The molecule has 0 bridgehead atoms. The predicted molar refractivity (Wildman–Crippen MR) is 87.6 cm³/mol. The van der Waals surface area contributed by atoms with Gasteiger partial charge >= 0.3 is 0 Å². The highest BCUT2D eigenvalue weighted by molar-refractivity contribution is 7.89. The van der Waals surface area contributed by atoms with Crippen LogP contribution in [0.3, 0.4) is 0 Å². The maximum Gasteiger partial charge on any atom is 0.251 e. The van der Waals surface area contributed by atoms with Gasteiger partial charge in [-0.05, 0) is 54.8 Å². The molecule has 3 N–H and O–H groups in total. The molecule has 5 nitrogen and oxygen atoms in total. The Bertz CT molecular complexity index is 912. The number of nitrogens with two attached hydrogens (primary N) is 1. The van der Waals surface area contributed by atoms with Gasteiger partial charge in [0.05, 0.1) is 4.90 Å². The summed E-state index contributed by atoms with van der Waals surface area (Å²) in [7, 11) is -3.80. The van der Waals surface area contributed by atoms with E-state index in [0.29, 0.717) is 11.1 Å². The van der Waals surface area contributed by atoms with Crippen molar-refractivity contribution in [2.24, 2.45) is 5.14 Å². The molecule has 0 unspecified atom stereocenters. The zero-order valence-corrected chi connectivity index (χ0v) is 13.8. The number of benzene rings is 2. The Balaban J connectivity index is 1.70. The molecule has 7 heteroatoms. The van der Waals surface area contributed by atoms with Crippen molar-refractivity contribution in [3.8, 4) is 0 Å². The van der Waals surface area contributed by atoms with E-state index in [4.69, 9.17) is 5.14 Å². The second-order valence-electron chi connectivity index (χ2n) is 6.00. The SMILES string of the molecule is Cc1cc(C(=O)N[C@@H]2C[C@H]2c2cccc(F)c2)ccc1S(N)(=O)=O. The minimum atomic E-state index is -3.80. The summed E-state index contributed by atoms with van der Waals surface area (Å²) >= 11 is 0. The fraction of sp³-hybridized carbons (Fsp3) is 0.235. The van der Waals surface area contributed by atoms with Gasteiger partial charge in [0, 0.05) is 17.5 Å². The number of aryl methyl sites for hydroxylation is 1. The van der Waals surface area contributed by atoms with E-state index in [1.165, 1.54) is 30.3 Å². The number of primary sulfonamides is 1. The molecule has 0 radical (unpaired) electrons. The molecule has 0 saturated heterocycles. The number of hydrogen-bond donors (Lipinski definition) is 2. The van der Waals surface area contributed by atoms with Crippen LogP contribution in [0.4, 0.5) is 4.39 Å². The summed E-state index contributed by atoms with van der Waals surface area (Å²) in [5.41, 5.74) is 1.65. The molecule has 2 aromatic carbocycles. The lowest BCUT2D eigenvalue weighted by molar-refractivity contribution is 0.0950. The standard InChI is InChI=1S/C17H17FN2O3S/c1-10-7-12(5-6-16(10)24(19,22)23)17(21)20-15-9-14(15)11-3-2-4-13(18)8-11/h2-8,14-15H,9H2,1H3,(H,20,21)(H2,19,22,23)/t14-,15+/m0/s1. The number of sulfonamides is 1. The molecule has 2 atom stereocenters. The van der Waals surface area contributed by atoms with Crippen LogP contribution in [0.25, 0.3) is 0 Å². The van der Waals surface area contributed by atoms with Crippen LogP contribution in [0.1, 0.15) is 33.8 Å². The predicted octanol–water partition coefficient (Wildman–Crippen LogP) is 2.07. The van der Waals surface area contributed by atoms with Crippen molar-refractivity contribution in [2.45, 2.75) is 30.2 Å². The van der Waals surface area contributed by atoms with Gasteiger partial charge in [0.1, 0.15) is 5.82 Å². The van der Waals surface area contributed by atoms with Gasteiger partial charge < -0.3 is 5.32 Å². The third kappa shape index (κ3) is 3.47. The van der Waals surface area contributed by atoms with Crippen molar-refractivity contribution in [3.05, 3.63) is 65.0 Å². The number of amides is 1. The Morgan fingerprint density at radius 1 is 1.25 bits per heavy atom. The number of hydrogen-bond acceptors (Lipinski definition) is 3. The zero-order chi connectivity index (χ0) is 17.5. The van der Waals surface area contributed by atoms with E-state index < -0.39 is 10.0 Å². The molecule has 1 amide bonds. The highest BCUT2D eigenvalue weighted by atomic mass is 32.2. The van der Waals surface area contributed by atoms with E-state index in [1.807, 2.05) is 6.07 Å². The molecule has 126 valence electrons. The van der Waals surface area contributed by atoms with Gasteiger partial charge in [0.2, 0.25) is 10.0 Å². The van der Waals surface area contributed by atoms with E-state index in [-0.39, 0.29) is 28.6 Å². The van der Waals surface area contributed by atoms with Crippen LogP contribution in [0.15, 0.2) is 47.4 Å². The summed E-state index contributed by atoms with van der Waals surface area (Å²) in [6.45, 7) is 1.59. The van der Waals surface area contributed by atoms with Gasteiger partial charge in [-0.2, -0.15) is 0 Å². The number of carbonyl (C=O) groups is 1. The van der Waals surface area contributed by atoms with Gasteiger partial charge in [-0.1, -0.05) is 12.1 Å². The first-order valence-electron chi connectivity index (χ1n) is 7.45. The van der Waals surface area contributed by atoms with E-state index >= 15 is 0 Å². The highest BCUT2D eigenvalue weighted by Crippen LogP contribution is 2.41. The molecule has 1 aliphatic carbocycles. The van der Waals surface area contributed by atoms with Crippen LogP contribution in [-0.2, 0) is 10.0 Å². The lowest BCUT2D eigenvalue weighted by Gasteiger charge is -2.08. The Hall–Kier alpha value is -2.25. The average molecular weight is 348 g/mol. The number of carbonyl (C=O) groups excluding carboxylic acids is 1. The van der Waals surface area contributed by atoms with Gasteiger partial charge in [-0.3, -0.25) is 4.79 Å². The van der Waals surface area contributed by atoms with E-state index in [9.17, 15) is 17.6 Å². The van der Waals surface area contributed by atoms with Crippen LogP contribution in [0, 0.1) is 12.7 Å². The summed E-state index contributed by atoms with van der Waals surface area (Å²) < 4.78 is 36.0. The van der Waals surface area contributed by atoms with Crippen molar-refractivity contribution >= 4 is 15.9 Å². The third-order valence-corrected chi connectivity index (χ3v) is 5.20. The van der Waals surface area contributed by atoms with Crippen molar-refractivity contribution in [1.29, 1.82) is 0 Å². The average Bonchev–Trinajstić information content (AvgIpc) is 3.25. The van der Waals surface area contributed by atoms with Crippen LogP contribution >= 0.6 is 0 Å². The van der Waals surface area contributed by atoms with Gasteiger partial charge in [-0.25, -0.2) is 17.9 Å². The molecular formula is C17H17FN2O3S. The lowest BCUT2D eigenvalue weighted by atomic mass is 10.1. The summed E-state index contributed by atoms with van der Waals surface area (Å²) in [5.74, 6) is -0.476. The first-order chi connectivity index (χ1) is 11.3. The Morgan fingerprint density at radius 3 is 2.62 bits per heavy atom. The maximum absolute atomic E-state index is 13.2. The summed E-state index contributed by atoms with van der Waals surface area (Å²) in [6.07, 6.45) is 0.753. The van der Waals surface area contributed by atoms with Crippen LogP contribution in [0.2, 0.25) is 0 Å². The second kappa shape index (κ2) is 5.99. The highest BCUT2D eigenvalue weighted by Gasteiger charge is 2.39. The fourth-order valence-electron chi connectivity index (χ4n) is 2.82. The van der Waals surface area contributed by atoms with E-state index in [0.717, 1.165) is 12.0 Å². The minimum Gasteiger partial charge on any atom is -0.349 e. The first-order valence-corrected chi connectivity index (χ1v) is 9.00. The molecular weight excluding hydrogens is 331 g/mol. The summed E-state index contributed by atoms with van der Waals surface area (Å²) in [6, 6.07) is 10.6. The minimum absolute atomic E-state index is 0.00288. The van der Waals surface area contributed by atoms with Crippen LogP contribution < -0.4 is 10.5 Å². The van der Waals surface area contributed by atoms with Crippen molar-refractivity contribution in [2.75, 3.05) is 0 Å². The molecule has 24 heavy (non-hydrogen) atoms. The molecule has 1 fully saturated rings. The molecule has 0 spiro atoms. The number of nitrogens with one attached hydrogen (secondary N) is 1. The third-order valence-electron chi connectivity index (χ3n) is 4.13. The number of halogens is 1. The zero-order valence-electron chi connectivity index (χ0n) is 13.0. The molecule has 0 heterocycles. The smallest absolute Gasteiger partial charge is 0.251 e. The normalized spacial score (nSPS) is 19.8. The molecule has 1 saturated carbocycles. The summed E-state index contributed by atoms with van der Waals surface area (Å²) in [5, 5.41) is 7.99. The van der Waals surface area contributed by atoms with Gasteiger partial charge in [-0.15, -0.1) is 0 Å². The number of rotatable bonds is 4. The van der Waals surface area contributed by atoms with Crippen molar-refractivity contribution in [1.82, 2.24) is 5.32 Å². The van der Waals surface area contributed by atoms with Gasteiger partial charge in [0.25, 0.3) is 5.91 Å². The van der Waals surface area contributed by atoms with Crippen LogP contribution in [0.5, 0.6) is 0 Å². The van der Waals surface area contributed by atoms with Gasteiger partial charge in [0.15, 0.2) is 0 Å². The second-order valence-corrected chi connectivity index (χ2v) is 7.53. The van der Waals surface area contributed by atoms with Crippen molar-refractivity contribution in [3.63, 3.8) is 0 Å². The molecule has 0 aliphatic heterocycles. The summed E-state index contributed by atoms with van der Waals surface area (Å²) in [4.78, 5) is 12.3. The van der Waals surface area contributed by atoms with Crippen molar-refractivity contribution < 1.29 is 17.6 Å². The maximum atomic E-state index is 13.2. The Labute approximate surface area is 139 Å². The Kier molecular flexibility index (Phi) is 4.15. The van der Waals surface area contributed by atoms with E-state index in [1.54, 1.807) is 13.0 Å². The quantitative estimate of drug-likeness (QED) is 0.886. The first kappa shape index (κ1) is 16.6. The molecule has 3 rings (SSSR count). The topological polar surface area (TPSA) is 89.3 Å². The van der Waals surface area contributed by atoms with E-state index in [2.05, 4.69) is 5.32 Å².